The van der Waals surface area contributed by atoms with E-state index in [0.717, 1.165) is 51.3 Å². The third kappa shape index (κ3) is 4.48. The summed E-state index contributed by atoms with van der Waals surface area (Å²) in [5.41, 5.74) is 5.53. The fourth-order valence-electron chi connectivity index (χ4n) is 3.25. The number of carbonyl (C=O) groups excluding carboxylic acids is 1. The largest absolute Gasteiger partial charge is 0.492 e. The van der Waals surface area contributed by atoms with E-state index in [9.17, 15) is 4.79 Å². The number of hydrogen-bond donors (Lipinski definition) is 1. The van der Waals surface area contributed by atoms with Gasteiger partial charge in [-0.2, -0.15) is 0 Å². The molecule has 0 aliphatic carbocycles. The van der Waals surface area contributed by atoms with Crippen molar-refractivity contribution >= 4 is 5.91 Å². The van der Waals surface area contributed by atoms with Gasteiger partial charge in [0.25, 0.3) is 0 Å². The van der Waals surface area contributed by atoms with E-state index in [2.05, 4.69) is 18.7 Å². The Morgan fingerprint density at radius 1 is 1.12 bits per heavy atom. The lowest BCUT2D eigenvalue weighted by molar-refractivity contribution is -0.144. The van der Waals surface area contributed by atoms with Crippen molar-refractivity contribution in [2.45, 2.75) is 26.7 Å². The van der Waals surface area contributed by atoms with Gasteiger partial charge in [-0.05, 0) is 25.0 Å². The van der Waals surface area contributed by atoms with Crippen LogP contribution in [0.4, 0.5) is 0 Å². The first-order chi connectivity index (χ1) is 11.6. The molecule has 1 aromatic carbocycles. The minimum atomic E-state index is -0.376. The molecule has 0 unspecified atom stereocenters. The summed E-state index contributed by atoms with van der Waals surface area (Å²) in [7, 11) is 0. The molecule has 24 heavy (non-hydrogen) atoms. The molecule has 0 saturated carbocycles. The Morgan fingerprint density at radius 3 is 2.29 bits per heavy atom. The molecule has 0 atom stereocenters. The molecular formula is C19H31N3O2. The van der Waals surface area contributed by atoms with Crippen molar-refractivity contribution in [3.63, 3.8) is 0 Å². The van der Waals surface area contributed by atoms with Crippen molar-refractivity contribution in [2.75, 3.05) is 45.9 Å². The summed E-state index contributed by atoms with van der Waals surface area (Å²) in [6.07, 6.45) is 1.62. The maximum atomic E-state index is 12.8. The van der Waals surface area contributed by atoms with E-state index in [1.54, 1.807) is 0 Å². The van der Waals surface area contributed by atoms with Gasteiger partial charge in [-0.1, -0.05) is 32.0 Å². The summed E-state index contributed by atoms with van der Waals surface area (Å²) in [6.45, 7) is 9.49. The maximum Gasteiger partial charge on any atom is 0.230 e. The first kappa shape index (κ1) is 18.7. The van der Waals surface area contributed by atoms with E-state index in [1.165, 1.54) is 0 Å². The van der Waals surface area contributed by atoms with Gasteiger partial charge in [0.05, 0.1) is 5.41 Å². The Labute approximate surface area is 145 Å². The normalized spacial score (nSPS) is 16.2. The Hall–Kier alpha value is -1.59. The van der Waals surface area contributed by atoms with E-state index < -0.39 is 0 Å². The molecule has 0 bridgehead atoms. The smallest absolute Gasteiger partial charge is 0.230 e. The van der Waals surface area contributed by atoms with Gasteiger partial charge in [0.1, 0.15) is 12.4 Å². The number of nitrogens with two attached hydrogens (primary N) is 1. The van der Waals surface area contributed by atoms with E-state index in [-0.39, 0.29) is 11.3 Å². The molecule has 0 aromatic heterocycles. The zero-order valence-electron chi connectivity index (χ0n) is 15.0. The third-order valence-electron chi connectivity index (χ3n) is 5.28. The molecule has 0 spiro atoms. The van der Waals surface area contributed by atoms with Crippen LogP contribution in [0.3, 0.4) is 0 Å². The van der Waals surface area contributed by atoms with Crippen molar-refractivity contribution < 1.29 is 9.53 Å². The number of hydrogen-bond acceptors (Lipinski definition) is 4. The average molecular weight is 333 g/mol. The van der Waals surface area contributed by atoms with Crippen molar-refractivity contribution in [1.29, 1.82) is 0 Å². The molecule has 1 aliphatic heterocycles. The first-order valence-electron chi connectivity index (χ1n) is 9.05. The van der Waals surface area contributed by atoms with Crippen LogP contribution in [0.25, 0.3) is 0 Å². The van der Waals surface area contributed by atoms with E-state index in [4.69, 9.17) is 10.5 Å². The maximum absolute atomic E-state index is 12.8. The summed E-state index contributed by atoms with van der Waals surface area (Å²) in [6, 6.07) is 9.88. The third-order valence-corrected chi connectivity index (χ3v) is 5.28. The molecule has 2 N–H and O–H groups in total. The van der Waals surface area contributed by atoms with Crippen LogP contribution >= 0.6 is 0 Å². The number of benzene rings is 1. The van der Waals surface area contributed by atoms with E-state index >= 15 is 0 Å². The van der Waals surface area contributed by atoms with Gasteiger partial charge < -0.3 is 15.4 Å². The van der Waals surface area contributed by atoms with Gasteiger partial charge in [0.15, 0.2) is 0 Å². The van der Waals surface area contributed by atoms with Gasteiger partial charge in [0.2, 0.25) is 5.91 Å². The summed E-state index contributed by atoms with van der Waals surface area (Å²) in [5.74, 6) is 1.14. The second-order valence-electron chi connectivity index (χ2n) is 6.49. The van der Waals surface area contributed by atoms with Gasteiger partial charge in [-0.15, -0.1) is 0 Å². The van der Waals surface area contributed by atoms with E-state index in [1.807, 2.05) is 35.2 Å². The van der Waals surface area contributed by atoms with Crippen LogP contribution in [-0.4, -0.2) is 61.6 Å². The highest BCUT2D eigenvalue weighted by Gasteiger charge is 2.37. The highest BCUT2D eigenvalue weighted by atomic mass is 16.5. The molecule has 1 aliphatic rings. The summed E-state index contributed by atoms with van der Waals surface area (Å²) in [4.78, 5) is 17.2. The number of nitrogens with zero attached hydrogens (tertiary/aromatic N) is 2. The van der Waals surface area contributed by atoms with Crippen molar-refractivity contribution in [3.8, 4) is 5.75 Å². The molecule has 1 heterocycles. The van der Waals surface area contributed by atoms with Crippen LogP contribution in [-0.2, 0) is 4.79 Å². The van der Waals surface area contributed by atoms with Crippen LogP contribution in [0, 0.1) is 5.41 Å². The van der Waals surface area contributed by atoms with Crippen molar-refractivity contribution in [2.24, 2.45) is 11.1 Å². The topological polar surface area (TPSA) is 58.8 Å². The zero-order chi connectivity index (χ0) is 17.4. The lowest BCUT2D eigenvalue weighted by atomic mass is 9.81. The molecule has 1 aromatic rings. The number of rotatable bonds is 8. The number of carbonyl (C=O) groups is 1. The molecule has 5 nitrogen and oxygen atoms in total. The van der Waals surface area contributed by atoms with Crippen LogP contribution < -0.4 is 10.5 Å². The van der Waals surface area contributed by atoms with Crippen LogP contribution in [0.2, 0.25) is 0 Å². The Morgan fingerprint density at radius 2 is 1.75 bits per heavy atom. The van der Waals surface area contributed by atoms with Crippen LogP contribution in [0.5, 0.6) is 5.75 Å². The number of ether oxygens (including phenoxy) is 1. The highest BCUT2D eigenvalue weighted by molar-refractivity contribution is 5.83. The second-order valence-corrected chi connectivity index (χ2v) is 6.49. The summed E-state index contributed by atoms with van der Waals surface area (Å²) >= 11 is 0. The van der Waals surface area contributed by atoms with Crippen LogP contribution in [0.15, 0.2) is 30.3 Å². The molecular weight excluding hydrogens is 302 g/mol. The first-order valence-corrected chi connectivity index (χ1v) is 9.05. The standard InChI is InChI=1S/C19H31N3O2/c1-3-19(4-2,16-20)18(23)22-12-10-21(11-13-22)14-15-24-17-8-6-5-7-9-17/h5-9H,3-4,10-16,20H2,1-2H3. The molecule has 2 rings (SSSR count). The number of piperazine rings is 1. The van der Waals surface area contributed by atoms with Crippen molar-refractivity contribution in [1.82, 2.24) is 9.80 Å². The molecule has 5 heteroatoms. The summed E-state index contributed by atoms with van der Waals surface area (Å²) in [5, 5.41) is 0. The van der Waals surface area contributed by atoms with Gasteiger partial charge >= 0.3 is 0 Å². The molecule has 1 fully saturated rings. The number of amides is 1. The Bertz CT molecular complexity index is 486. The quantitative estimate of drug-likeness (QED) is 0.790. The second kappa shape index (κ2) is 9.04. The molecule has 0 radical (unpaired) electrons. The Balaban J connectivity index is 1.76. The predicted octanol–water partition coefficient (Wildman–Crippen LogP) is 1.97. The Kier molecular flexibility index (Phi) is 7.06. The van der Waals surface area contributed by atoms with E-state index in [0.29, 0.717) is 13.2 Å². The molecule has 1 amide bonds. The average Bonchev–Trinajstić information content (AvgIpc) is 2.65. The molecule has 134 valence electrons. The minimum absolute atomic E-state index is 0.232. The fourth-order valence-corrected chi connectivity index (χ4v) is 3.25. The summed E-state index contributed by atoms with van der Waals surface area (Å²) < 4.78 is 5.75. The predicted molar refractivity (Wildman–Crippen MR) is 97.0 cm³/mol. The fraction of sp³-hybridized carbons (Fsp3) is 0.632. The monoisotopic (exact) mass is 333 g/mol. The lowest BCUT2D eigenvalue weighted by Gasteiger charge is -2.40. The van der Waals surface area contributed by atoms with Gasteiger partial charge in [0, 0.05) is 39.3 Å². The number of para-hydroxylation sites is 1. The van der Waals surface area contributed by atoms with Gasteiger partial charge in [-0.25, -0.2) is 0 Å². The van der Waals surface area contributed by atoms with Gasteiger partial charge in [-0.3, -0.25) is 9.69 Å². The highest BCUT2D eigenvalue weighted by Crippen LogP contribution is 2.28. The lowest BCUT2D eigenvalue weighted by Crippen LogP contribution is -2.55. The van der Waals surface area contributed by atoms with Crippen LogP contribution in [0.1, 0.15) is 26.7 Å². The van der Waals surface area contributed by atoms with Crippen molar-refractivity contribution in [3.05, 3.63) is 30.3 Å². The molecule has 1 saturated heterocycles. The SMILES string of the molecule is CCC(CC)(CN)C(=O)N1CCN(CCOc2ccccc2)CC1. The minimum Gasteiger partial charge on any atom is -0.492 e. The zero-order valence-corrected chi connectivity index (χ0v) is 15.0.